The maximum Gasteiger partial charge on any atom is 0.260 e. The fourth-order valence-corrected chi connectivity index (χ4v) is 2.91. The molecule has 5 nitrogen and oxygen atoms in total. The molecule has 6 heteroatoms. The van der Waals surface area contributed by atoms with Gasteiger partial charge in [-0.15, -0.1) is 0 Å². The van der Waals surface area contributed by atoms with Gasteiger partial charge in [0.05, 0.1) is 0 Å². The molecule has 0 spiro atoms. The zero-order valence-electron chi connectivity index (χ0n) is 14.7. The Hall–Kier alpha value is -2.89. The smallest absolute Gasteiger partial charge is 0.260 e. The molecule has 0 N–H and O–H groups in total. The van der Waals surface area contributed by atoms with E-state index in [4.69, 9.17) is 4.74 Å². The van der Waals surface area contributed by atoms with Crippen LogP contribution in [-0.4, -0.2) is 36.9 Å². The third kappa shape index (κ3) is 4.39. The van der Waals surface area contributed by atoms with E-state index < -0.39 is 0 Å². The van der Waals surface area contributed by atoms with Crippen molar-refractivity contribution in [3.63, 3.8) is 0 Å². The zero-order valence-corrected chi connectivity index (χ0v) is 14.7. The largest absolute Gasteiger partial charge is 0.484 e. The minimum atomic E-state index is -0.326. The fraction of sp³-hybridized carbons (Fsp3) is 0.300. The number of rotatable bonds is 6. The highest BCUT2D eigenvalue weighted by molar-refractivity contribution is 5.95. The van der Waals surface area contributed by atoms with Gasteiger partial charge in [-0.05, 0) is 36.2 Å². The van der Waals surface area contributed by atoms with E-state index in [1.54, 1.807) is 42.3 Å². The van der Waals surface area contributed by atoms with Crippen LogP contribution in [0.4, 0.5) is 10.1 Å². The highest BCUT2D eigenvalue weighted by Gasteiger charge is 2.22. The Morgan fingerprint density at radius 1 is 1.23 bits per heavy atom. The molecule has 26 heavy (non-hydrogen) atoms. The lowest BCUT2D eigenvalue weighted by molar-refractivity contribution is -0.132. The maximum absolute atomic E-state index is 13.2. The Kier molecular flexibility index (Phi) is 5.51. The van der Waals surface area contributed by atoms with Gasteiger partial charge in [-0.3, -0.25) is 9.59 Å². The Morgan fingerprint density at radius 3 is 2.77 bits per heavy atom. The molecule has 0 aliphatic carbocycles. The van der Waals surface area contributed by atoms with Crippen molar-refractivity contribution < 1.29 is 18.7 Å². The van der Waals surface area contributed by atoms with Gasteiger partial charge < -0.3 is 14.5 Å². The number of hydrogen-bond donors (Lipinski definition) is 0. The minimum Gasteiger partial charge on any atom is -0.484 e. The van der Waals surface area contributed by atoms with Crippen LogP contribution in [0.5, 0.6) is 5.75 Å². The molecular weight excluding hydrogens is 335 g/mol. The van der Waals surface area contributed by atoms with E-state index in [0.717, 1.165) is 17.7 Å². The second-order valence-corrected chi connectivity index (χ2v) is 6.31. The predicted octanol–water partition coefficient (Wildman–Crippen LogP) is 2.99. The van der Waals surface area contributed by atoms with Crippen molar-refractivity contribution in [2.75, 3.05) is 25.1 Å². The van der Waals surface area contributed by atoms with Crippen LogP contribution in [0.2, 0.25) is 0 Å². The summed E-state index contributed by atoms with van der Waals surface area (Å²) in [6.07, 6.45) is 1.42. The summed E-state index contributed by atoms with van der Waals surface area (Å²) >= 11 is 0. The third-order valence-electron chi connectivity index (χ3n) is 4.30. The third-order valence-corrected chi connectivity index (χ3v) is 4.30. The van der Waals surface area contributed by atoms with Crippen molar-refractivity contribution in [2.45, 2.75) is 19.4 Å². The first-order valence-corrected chi connectivity index (χ1v) is 8.54. The molecule has 2 aromatic carbocycles. The van der Waals surface area contributed by atoms with Crippen molar-refractivity contribution in [1.82, 2.24) is 4.90 Å². The predicted molar refractivity (Wildman–Crippen MR) is 96.4 cm³/mol. The number of halogens is 1. The highest BCUT2D eigenvalue weighted by Crippen LogP contribution is 2.25. The lowest BCUT2D eigenvalue weighted by Gasteiger charge is -2.19. The molecule has 0 atom stereocenters. The number of carbonyl (C=O) groups is 2. The second kappa shape index (κ2) is 7.99. The quantitative estimate of drug-likeness (QED) is 0.800. The molecule has 1 fully saturated rings. The summed E-state index contributed by atoms with van der Waals surface area (Å²) in [7, 11) is 1.65. The van der Waals surface area contributed by atoms with Crippen LogP contribution in [0.15, 0.2) is 48.5 Å². The van der Waals surface area contributed by atoms with E-state index in [9.17, 15) is 14.0 Å². The first-order valence-electron chi connectivity index (χ1n) is 8.54. The first-order chi connectivity index (χ1) is 12.5. The first kappa shape index (κ1) is 17.9. The number of hydrogen-bond acceptors (Lipinski definition) is 3. The van der Waals surface area contributed by atoms with E-state index in [2.05, 4.69) is 0 Å². The summed E-state index contributed by atoms with van der Waals surface area (Å²) in [6.45, 7) is 0.892. The van der Waals surface area contributed by atoms with E-state index in [1.165, 1.54) is 17.0 Å². The topological polar surface area (TPSA) is 49.9 Å². The van der Waals surface area contributed by atoms with E-state index in [-0.39, 0.29) is 24.2 Å². The minimum absolute atomic E-state index is 0.105. The summed E-state index contributed by atoms with van der Waals surface area (Å²) < 4.78 is 18.8. The van der Waals surface area contributed by atoms with Gasteiger partial charge in [0.1, 0.15) is 11.6 Å². The lowest BCUT2D eigenvalue weighted by Crippen LogP contribution is -2.31. The van der Waals surface area contributed by atoms with E-state index in [1.807, 2.05) is 6.07 Å². The molecule has 0 unspecified atom stereocenters. The maximum atomic E-state index is 13.2. The van der Waals surface area contributed by atoms with Gasteiger partial charge in [0.2, 0.25) is 5.91 Å². The Balaban J connectivity index is 1.56. The van der Waals surface area contributed by atoms with Crippen LogP contribution < -0.4 is 9.64 Å². The van der Waals surface area contributed by atoms with Gasteiger partial charge in [0.25, 0.3) is 5.91 Å². The van der Waals surface area contributed by atoms with Gasteiger partial charge >= 0.3 is 0 Å². The average Bonchev–Trinajstić information content (AvgIpc) is 3.06. The molecule has 0 aromatic heterocycles. The number of carbonyl (C=O) groups excluding carboxylic acids is 2. The summed E-state index contributed by atoms with van der Waals surface area (Å²) in [5, 5.41) is 0. The zero-order chi connectivity index (χ0) is 18.5. The van der Waals surface area contributed by atoms with Crippen LogP contribution in [0.1, 0.15) is 18.4 Å². The number of anilines is 1. The monoisotopic (exact) mass is 356 g/mol. The number of likely N-dealkylation sites (N-methyl/N-ethyl adjacent to an activating group) is 1. The van der Waals surface area contributed by atoms with Crippen LogP contribution in [-0.2, 0) is 16.1 Å². The standard InChI is InChI=1S/C20H21FN2O3/c1-22(13-15-5-2-6-16(21)11-15)20(25)14-26-18-8-3-7-17(12-18)23-10-4-9-19(23)24/h2-3,5-8,11-12H,4,9-10,13-14H2,1H3. The Bertz CT molecular complexity index is 809. The molecule has 2 amide bonds. The molecule has 1 saturated heterocycles. The summed E-state index contributed by atoms with van der Waals surface area (Å²) in [6, 6.07) is 13.3. The average molecular weight is 356 g/mol. The molecule has 1 heterocycles. The molecule has 2 aromatic rings. The van der Waals surface area contributed by atoms with E-state index in [0.29, 0.717) is 25.3 Å². The Morgan fingerprint density at radius 2 is 2.04 bits per heavy atom. The summed E-state index contributed by atoms with van der Waals surface area (Å²) in [4.78, 5) is 27.3. The van der Waals surface area contributed by atoms with Gasteiger partial charge in [0, 0.05) is 38.3 Å². The van der Waals surface area contributed by atoms with Crippen molar-refractivity contribution in [1.29, 1.82) is 0 Å². The Labute approximate surface area is 152 Å². The molecule has 0 saturated carbocycles. The molecule has 1 aliphatic heterocycles. The van der Waals surface area contributed by atoms with Crippen LogP contribution >= 0.6 is 0 Å². The normalized spacial score (nSPS) is 13.8. The van der Waals surface area contributed by atoms with Crippen molar-refractivity contribution in [3.05, 3.63) is 59.9 Å². The number of nitrogens with zero attached hydrogens (tertiary/aromatic N) is 2. The SMILES string of the molecule is CN(Cc1cccc(F)c1)C(=O)COc1cccc(N2CCCC2=O)c1. The van der Waals surface area contributed by atoms with Crippen molar-refractivity contribution >= 4 is 17.5 Å². The molecule has 136 valence electrons. The van der Waals surface area contributed by atoms with Gasteiger partial charge in [-0.1, -0.05) is 18.2 Å². The van der Waals surface area contributed by atoms with Crippen LogP contribution in [0.25, 0.3) is 0 Å². The molecule has 0 radical (unpaired) electrons. The summed E-state index contributed by atoms with van der Waals surface area (Å²) in [5.41, 5.74) is 1.50. The van der Waals surface area contributed by atoms with Gasteiger partial charge in [-0.25, -0.2) is 4.39 Å². The molecular formula is C20H21FN2O3. The highest BCUT2D eigenvalue weighted by atomic mass is 19.1. The number of benzene rings is 2. The molecule has 3 rings (SSSR count). The molecule has 0 bridgehead atoms. The number of amides is 2. The van der Waals surface area contributed by atoms with Gasteiger partial charge in [-0.2, -0.15) is 0 Å². The van der Waals surface area contributed by atoms with Crippen LogP contribution in [0.3, 0.4) is 0 Å². The second-order valence-electron chi connectivity index (χ2n) is 6.31. The van der Waals surface area contributed by atoms with E-state index >= 15 is 0 Å². The lowest BCUT2D eigenvalue weighted by atomic mass is 10.2. The summed E-state index contributed by atoms with van der Waals surface area (Å²) in [5.74, 6) is 0.104. The molecule has 1 aliphatic rings. The fourth-order valence-electron chi connectivity index (χ4n) is 2.91. The van der Waals surface area contributed by atoms with Crippen LogP contribution in [0, 0.1) is 5.82 Å². The van der Waals surface area contributed by atoms with Gasteiger partial charge in [0.15, 0.2) is 6.61 Å². The van der Waals surface area contributed by atoms with Crippen molar-refractivity contribution in [2.24, 2.45) is 0 Å². The number of ether oxygens (including phenoxy) is 1. The van der Waals surface area contributed by atoms with Crippen molar-refractivity contribution in [3.8, 4) is 5.75 Å².